The molecule has 4 rings (SSSR count). The van der Waals surface area contributed by atoms with Crippen molar-refractivity contribution >= 4 is 34.9 Å². The number of piperazine rings is 1. The fraction of sp³-hybridized carbons (Fsp3) is 0.500. The van der Waals surface area contributed by atoms with Gasteiger partial charge in [-0.2, -0.15) is 0 Å². The van der Waals surface area contributed by atoms with Crippen LogP contribution < -0.4 is 21.3 Å². The minimum atomic E-state index is -0.249. The number of benzene rings is 1. The minimum absolute atomic E-state index is 0.110. The summed E-state index contributed by atoms with van der Waals surface area (Å²) in [7, 11) is 0. The van der Waals surface area contributed by atoms with Gasteiger partial charge >= 0.3 is 0 Å². The first-order chi connectivity index (χ1) is 18.6. The monoisotopic (exact) mass is 521 g/mol. The molecule has 4 N–H and O–H groups in total. The lowest BCUT2D eigenvalue weighted by Gasteiger charge is -2.35. The maximum absolute atomic E-state index is 13.6. The summed E-state index contributed by atoms with van der Waals surface area (Å²) in [5, 5.41) is 5.89. The first-order valence-electron chi connectivity index (χ1n) is 13.7. The SMILES string of the molecule is NCCCCCC(=O)NCCCCN1CCN(CC(=O)N2c3ccccc3C(=O)Nc3cccnc32)CC1. The third-order valence-electron chi connectivity index (χ3n) is 7.04. The van der Waals surface area contributed by atoms with E-state index in [1.54, 1.807) is 41.4 Å². The van der Waals surface area contributed by atoms with Gasteiger partial charge in [0.05, 0.1) is 23.5 Å². The number of pyridine rings is 1. The van der Waals surface area contributed by atoms with Crippen LogP contribution in [-0.2, 0) is 9.59 Å². The molecule has 0 bridgehead atoms. The molecule has 0 atom stereocenters. The van der Waals surface area contributed by atoms with Gasteiger partial charge in [-0.1, -0.05) is 18.6 Å². The van der Waals surface area contributed by atoms with Crippen LogP contribution in [0.1, 0.15) is 48.9 Å². The molecule has 10 heteroatoms. The topological polar surface area (TPSA) is 124 Å². The molecule has 2 aromatic rings. The van der Waals surface area contributed by atoms with Gasteiger partial charge in [0.1, 0.15) is 0 Å². The highest BCUT2D eigenvalue weighted by Crippen LogP contribution is 2.36. The molecule has 10 nitrogen and oxygen atoms in total. The van der Waals surface area contributed by atoms with E-state index in [0.717, 1.165) is 64.8 Å². The van der Waals surface area contributed by atoms with Gasteiger partial charge in [-0.05, 0) is 63.0 Å². The molecule has 0 unspecified atom stereocenters. The van der Waals surface area contributed by atoms with Crippen LogP contribution in [0.15, 0.2) is 42.6 Å². The van der Waals surface area contributed by atoms with Crippen LogP contribution in [0.2, 0.25) is 0 Å². The summed E-state index contributed by atoms with van der Waals surface area (Å²) in [6.45, 7) is 6.03. The number of nitrogens with one attached hydrogen (secondary N) is 2. The van der Waals surface area contributed by atoms with Crippen molar-refractivity contribution in [2.45, 2.75) is 38.5 Å². The Bertz CT molecular complexity index is 1100. The average Bonchev–Trinajstić information content (AvgIpc) is 3.05. The van der Waals surface area contributed by atoms with Crippen molar-refractivity contribution in [1.82, 2.24) is 20.1 Å². The lowest BCUT2D eigenvalue weighted by atomic mass is 10.1. The van der Waals surface area contributed by atoms with Crippen molar-refractivity contribution in [3.63, 3.8) is 0 Å². The van der Waals surface area contributed by atoms with E-state index in [0.29, 0.717) is 42.3 Å². The number of nitrogens with zero attached hydrogens (tertiary/aromatic N) is 4. The number of para-hydroxylation sites is 1. The molecule has 1 aromatic carbocycles. The smallest absolute Gasteiger partial charge is 0.257 e. The number of carbonyl (C=O) groups is 3. The second-order valence-electron chi connectivity index (χ2n) is 9.85. The highest BCUT2D eigenvalue weighted by Gasteiger charge is 2.31. The molecule has 1 fully saturated rings. The van der Waals surface area contributed by atoms with Crippen molar-refractivity contribution in [2.24, 2.45) is 5.73 Å². The van der Waals surface area contributed by atoms with E-state index in [4.69, 9.17) is 5.73 Å². The molecule has 3 heterocycles. The summed E-state index contributed by atoms with van der Waals surface area (Å²) in [5.41, 5.74) is 7.01. The molecule has 204 valence electrons. The Hall–Kier alpha value is -3.34. The molecule has 1 saturated heterocycles. The van der Waals surface area contributed by atoms with E-state index in [2.05, 4.69) is 25.4 Å². The van der Waals surface area contributed by atoms with Gasteiger partial charge in [-0.3, -0.25) is 24.2 Å². The molecule has 38 heavy (non-hydrogen) atoms. The quantitative estimate of drug-likeness (QED) is 0.366. The van der Waals surface area contributed by atoms with Crippen molar-refractivity contribution in [3.8, 4) is 0 Å². The van der Waals surface area contributed by atoms with E-state index < -0.39 is 0 Å². The van der Waals surface area contributed by atoms with Gasteiger partial charge in [0, 0.05) is 45.3 Å². The second-order valence-corrected chi connectivity index (χ2v) is 9.85. The first-order valence-corrected chi connectivity index (χ1v) is 13.7. The molecular formula is C28H39N7O3. The van der Waals surface area contributed by atoms with Crippen molar-refractivity contribution in [3.05, 3.63) is 48.2 Å². The van der Waals surface area contributed by atoms with E-state index in [1.807, 2.05) is 6.07 Å². The highest BCUT2D eigenvalue weighted by molar-refractivity contribution is 6.17. The maximum atomic E-state index is 13.6. The molecule has 2 aliphatic rings. The van der Waals surface area contributed by atoms with Crippen LogP contribution in [-0.4, -0.2) is 84.9 Å². The van der Waals surface area contributed by atoms with Crippen LogP contribution in [0.5, 0.6) is 0 Å². The van der Waals surface area contributed by atoms with Gasteiger partial charge in [0.15, 0.2) is 5.82 Å². The number of aromatic nitrogens is 1. The number of hydrogen-bond acceptors (Lipinski definition) is 7. The summed E-state index contributed by atoms with van der Waals surface area (Å²) < 4.78 is 0. The third kappa shape index (κ3) is 7.37. The van der Waals surface area contributed by atoms with Gasteiger partial charge in [-0.25, -0.2) is 4.98 Å². The van der Waals surface area contributed by atoms with Crippen LogP contribution >= 0.6 is 0 Å². The van der Waals surface area contributed by atoms with Gasteiger partial charge in [-0.15, -0.1) is 0 Å². The molecule has 2 aliphatic heterocycles. The predicted molar refractivity (Wildman–Crippen MR) is 148 cm³/mol. The Balaban J connectivity index is 1.22. The van der Waals surface area contributed by atoms with E-state index in [9.17, 15) is 14.4 Å². The fourth-order valence-electron chi connectivity index (χ4n) is 4.91. The lowest BCUT2D eigenvalue weighted by molar-refractivity contribution is -0.121. The molecule has 0 spiro atoms. The lowest BCUT2D eigenvalue weighted by Crippen LogP contribution is -2.49. The Labute approximate surface area is 224 Å². The van der Waals surface area contributed by atoms with Gasteiger partial charge < -0.3 is 21.3 Å². The van der Waals surface area contributed by atoms with Crippen LogP contribution in [0.25, 0.3) is 0 Å². The number of hydrogen-bond donors (Lipinski definition) is 3. The van der Waals surface area contributed by atoms with Crippen molar-refractivity contribution < 1.29 is 14.4 Å². The molecule has 0 aliphatic carbocycles. The number of anilines is 3. The van der Waals surface area contributed by atoms with Crippen LogP contribution in [0.3, 0.4) is 0 Å². The van der Waals surface area contributed by atoms with Gasteiger partial charge in [0.2, 0.25) is 11.8 Å². The van der Waals surface area contributed by atoms with E-state index in [1.165, 1.54) is 0 Å². The number of fused-ring (bicyclic) bond motifs is 2. The number of carbonyl (C=O) groups excluding carboxylic acids is 3. The Morgan fingerprint density at radius 1 is 0.947 bits per heavy atom. The van der Waals surface area contributed by atoms with Crippen molar-refractivity contribution in [2.75, 3.05) is 62.6 Å². The predicted octanol–water partition coefficient (Wildman–Crippen LogP) is 2.35. The van der Waals surface area contributed by atoms with Crippen molar-refractivity contribution in [1.29, 1.82) is 0 Å². The zero-order valence-electron chi connectivity index (χ0n) is 22.0. The molecular weight excluding hydrogens is 482 g/mol. The summed E-state index contributed by atoms with van der Waals surface area (Å²) in [6.07, 6.45) is 7.09. The largest absolute Gasteiger partial charge is 0.356 e. The molecule has 0 saturated carbocycles. The highest BCUT2D eigenvalue weighted by atomic mass is 16.2. The first kappa shape index (κ1) is 27.7. The summed E-state index contributed by atoms with van der Waals surface area (Å²) in [6, 6.07) is 10.6. The zero-order chi connectivity index (χ0) is 26.7. The van der Waals surface area contributed by atoms with Crippen LogP contribution in [0, 0.1) is 0 Å². The Morgan fingerprint density at radius 2 is 1.74 bits per heavy atom. The summed E-state index contributed by atoms with van der Waals surface area (Å²) in [4.78, 5) is 48.8. The second kappa shape index (κ2) is 14.0. The number of rotatable bonds is 12. The number of amides is 3. The average molecular weight is 522 g/mol. The van der Waals surface area contributed by atoms with E-state index >= 15 is 0 Å². The Morgan fingerprint density at radius 3 is 2.55 bits per heavy atom. The standard InChI is InChI=1S/C28H39N7O3/c29-13-5-1-2-12-25(36)30-14-6-7-16-33-17-19-34(20-18-33)21-26(37)35-24-11-4-3-9-22(24)28(38)32-23-10-8-15-31-27(23)35/h3-4,8-11,15H,1-2,5-7,12-14,16-21,29H2,(H,30,36)(H,32,38). The maximum Gasteiger partial charge on any atom is 0.257 e. The van der Waals surface area contributed by atoms with E-state index in [-0.39, 0.29) is 24.3 Å². The Kier molecular flexibility index (Phi) is 10.2. The molecule has 3 amide bonds. The molecule has 0 radical (unpaired) electrons. The zero-order valence-corrected chi connectivity index (χ0v) is 22.0. The molecule has 1 aromatic heterocycles. The number of unbranched alkanes of at least 4 members (excludes halogenated alkanes) is 3. The fourth-order valence-corrected chi connectivity index (χ4v) is 4.91. The minimum Gasteiger partial charge on any atom is -0.356 e. The summed E-state index contributed by atoms with van der Waals surface area (Å²) in [5.74, 6) is 0.212. The van der Waals surface area contributed by atoms with Crippen LogP contribution in [0.4, 0.5) is 17.2 Å². The summed E-state index contributed by atoms with van der Waals surface area (Å²) >= 11 is 0. The van der Waals surface area contributed by atoms with Gasteiger partial charge in [0.25, 0.3) is 5.91 Å². The number of nitrogens with two attached hydrogens (primary N) is 1. The normalized spacial score (nSPS) is 15.8. The third-order valence-corrected chi connectivity index (χ3v) is 7.04.